The average molecular weight is 627 g/mol. The number of anilines is 1. The van der Waals surface area contributed by atoms with Crippen LogP contribution in [0, 0.1) is 0 Å². The zero-order valence-corrected chi connectivity index (χ0v) is 25.1. The summed E-state index contributed by atoms with van der Waals surface area (Å²) in [6.07, 6.45) is 6.53. The summed E-state index contributed by atoms with van der Waals surface area (Å²) in [5.74, 6) is -0.661. The Morgan fingerprint density at radius 2 is 1.45 bits per heavy atom. The van der Waals surface area contributed by atoms with Gasteiger partial charge in [0.2, 0.25) is 21.8 Å². The molecule has 1 N–H and O–H groups in total. The summed E-state index contributed by atoms with van der Waals surface area (Å²) in [5.41, 5.74) is 2.16. The van der Waals surface area contributed by atoms with E-state index in [1.807, 2.05) is 60.7 Å². The minimum Gasteiger partial charge on any atom is -0.352 e. The van der Waals surface area contributed by atoms with Crippen molar-refractivity contribution in [1.29, 1.82) is 0 Å². The first-order chi connectivity index (χ1) is 19.2. The Morgan fingerprint density at radius 1 is 0.875 bits per heavy atom. The SMILES string of the molecule is CS(=O)(=O)N(CC(=O)N(Cc1ccccc1)C(Cc1ccccc1)C(=O)NC1CCCCC1)c1ccc(Br)cc1. The van der Waals surface area contributed by atoms with Gasteiger partial charge >= 0.3 is 0 Å². The first kappa shape index (κ1) is 29.8. The monoisotopic (exact) mass is 625 g/mol. The summed E-state index contributed by atoms with van der Waals surface area (Å²) in [6, 6.07) is 25.1. The molecule has 0 aromatic heterocycles. The molecule has 1 fully saturated rings. The topological polar surface area (TPSA) is 86.8 Å². The van der Waals surface area contributed by atoms with Crippen molar-refractivity contribution < 1.29 is 18.0 Å². The Bertz CT molecular complexity index is 1360. The van der Waals surface area contributed by atoms with Crippen LogP contribution in [0.4, 0.5) is 5.69 Å². The zero-order chi connectivity index (χ0) is 28.5. The highest BCUT2D eigenvalue weighted by atomic mass is 79.9. The van der Waals surface area contributed by atoms with Gasteiger partial charge in [-0.1, -0.05) is 95.9 Å². The van der Waals surface area contributed by atoms with E-state index in [0.29, 0.717) is 12.1 Å². The number of benzene rings is 3. The number of sulfonamides is 1. The lowest BCUT2D eigenvalue weighted by molar-refractivity contribution is -0.140. The van der Waals surface area contributed by atoms with Crippen LogP contribution in [0.2, 0.25) is 0 Å². The molecule has 0 bridgehead atoms. The molecule has 1 aliphatic carbocycles. The molecule has 0 saturated heterocycles. The quantitative estimate of drug-likeness (QED) is 0.313. The molecule has 2 amide bonds. The molecule has 1 aliphatic rings. The molecular formula is C31H36BrN3O4S. The van der Waals surface area contributed by atoms with Gasteiger partial charge in [-0.25, -0.2) is 8.42 Å². The van der Waals surface area contributed by atoms with Gasteiger partial charge in [0.25, 0.3) is 0 Å². The maximum absolute atomic E-state index is 14.1. The first-order valence-corrected chi connectivity index (χ1v) is 16.3. The Kier molecular flexibility index (Phi) is 10.4. The first-order valence-electron chi connectivity index (χ1n) is 13.6. The number of hydrogen-bond donors (Lipinski definition) is 1. The average Bonchev–Trinajstić information content (AvgIpc) is 2.95. The van der Waals surface area contributed by atoms with Gasteiger partial charge in [-0.15, -0.1) is 0 Å². The van der Waals surface area contributed by atoms with Gasteiger partial charge in [-0.2, -0.15) is 0 Å². The maximum atomic E-state index is 14.1. The molecule has 0 aliphatic heterocycles. The molecule has 3 aromatic carbocycles. The highest BCUT2D eigenvalue weighted by Gasteiger charge is 2.34. The van der Waals surface area contributed by atoms with E-state index < -0.39 is 28.5 Å². The van der Waals surface area contributed by atoms with E-state index in [2.05, 4.69) is 21.2 Å². The van der Waals surface area contributed by atoms with Crippen LogP contribution in [0.25, 0.3) is 0 Å². The van der Waals surface area contributed by atoms with Crippen LogP contribution in [-0.2, 0) is 32.6 Å². The predicted octanol–water partition coefficient (Wildman–Crippen LogP) is 5.30. The minimum absolute atomic E-state index is 0.0727. The number of nitrogens with zero attached hydrogens (tertiary/aromatic N) is 2. The second-order valence-electron chi connectivity index (χ2n) is 10.3. The summed E-state index contributed by atoms with van der Waals surface area (Å²) in [6.45, 7) is -0.248. The van der Waals surface area contributed by atoms with Crippen LogP contribution >= 0.6 is 15.9 Å². The summed E-state index contributed by atoms with van der Waals surface area (Å²) < 4.78 is 27.6. The van der Waals surface area contributed by atoms with Gasteiger partial charge in [-0.05, 0) is 48.2 Å². The van der Waals surface area contributed by atoms with Crippen LogP contribution in [0.5, 0.6) is 0 Å². The Morgan fingerprint density at radius 3 is 2.02 bits per heavy atom. The van der Waals surface area contributed by atoms with Crippen LogP contribution < -0.4 is 9.62 Å². The highest BCUT2D eigenvalue weighted by molar-refractivity contribution is 9.10. The molecule has 7 nitrogen and oxygen atoms in total. The van der Waals surface area contributed by atoms with Crippen molar-refractivity contribution in [2.75, 3.05) is 17.1 Å². The fourth-order valence-corrected chi connectivity index (χ4v) is 6.21. The van der Waals surface area contributed by atoms with Gasteiger partial charge in [-0.3, -0.25) is 13.9 Å². The van der Waals surface area contributed by atoms with Crippen molar-refractivity contribution in [3.63, 3.8) is 0 Å². The van der Waals surface area contributed by atoms with Gasteiger partial charge in [0.15, 0.2) is 0 Å². The van der Waals surface area contributed by atoms with E-state index in [1.165, 1.54) is 4.90 Å². The van der Waals surface area contributed by atoms with Crippen molar-refractivity contribution in [3.05, 3.63) is 101 Å². The van der Waals surface area contributed by atoms with Crippen molar-refractivity contribution >= 4 is 43.5 Å². The fourth-order valence-electron chi connectivity index (χ4n) is 5.10. The highest BCUT2D eigenvalue weighted by Crippen LogP contribution is 2.23. The van der Waals surface area contributed by atoms with E-state index in [-0.39, 0.29) is 18.5 Å². The van der Waals surface area contributed by atoms with Crippen LogP contribution in [0.15, 0.2) is 89.4 Å². The molecule has 1 saturated carbocycles. The van der Waals surface area contributed by atoms with Crippen molar-refractivity contribution in [3.8, 4) is 0 Å². The molecular weight excluding hydrogens is 590 g/mol. The maximum Gasteiger partial charge on any atom is 0.244 e. The number of carbonyl (C=O) groups excluding carboxylic acids is 2. The van der Waals surface area contributed by atoms with Crippen molar-refractivity contribution in [2.24, 2.45) is 0 Å². The van der Waals surface area contributed by atoms with Crippen molar-refractivity contribution in [1.82, 2.24) is 10.2 Å². The predicted molar refractivity (Wildman–Crippen MR) is 162 cm³/mol. The van der Waals surface area contributed by atoms with Gasteiger partial charge in [0.1, 0.15) is 12.6 Å². The molecule has 0 spiro atoms. The van der Waals surface area contributed by atoms with Crippen LogP contribution in [0.1, 0.15) is 43.2 Å². The lowest BCUT2D eigenvalue weighted by atomic mass is 9.94. The van der Waals surface area contributed by atoms with E-state index in [9.17, 15) is 18.0 Å². The van der Waals surface area contributed by atoms with E-state index in [0.717, 1.165) is 58.3 Å². The third kappa shape index (κ3) is 8.41. The minimum atomic E-state index is -3.79. The van der Waals surface area contributed by atoms with Gasteiger partial charge in [0.05, 0.1) is 11.9 Å². The number of amides is 2. The second-order valence-corrected chi connectivity index (χ2v) is 13.1. The fraction of sp³-hybridized carbons (Fsp3) is 0.355. The number of carbonyl (C=O) groups is 2. The third-order valence-corrected chi connectivity index (χ3v) is 8.88. The zero-order valence-electron chi connectivity index (χ0n) is 22.7. The molecule has 0 heterocycles. The lowest BCUT2D eigenvalue weighted by Crippen LogP contribution is -2.55. The van der Waals surface area contributed by atoms with Crippen LogP contribution in [0.3, 0.4) is 0 Å². The lowest BCUT2D eigenvalue weighted by Gasteiger charge is -2.35. The van der Waals surface area contributed by atoms with Gasteiger partial charge < -0.3 is 10.2 Å². The molecule has 212 valence electrons. The van der Waals surface area contributed by atoms with E-state index in [4.69, 9.17) is 0 Å². The third-order valence-electron chi connectivity index (χ3n) is 7.21. The number of nitrogens with one attached hydrogen (secondary N) is 1. The normalized spacial score (nSPS) is 14.8. The molecule has 40 heavy (non-hydrogen) atoms. The number of halogens is 1. The summed E-state index contributed by atoms with van der Waals surface area (Å²) in [4.78, 5) is 29.5. The standard InChI is InChI=1S/C31H36BrN3O4S/c1-40(38,39)35(28-19-17-26(32)18-20-28)23-30(36)34(22-25-13-7-3-8-14-25)29(21-24-11-5-2-6-12-24)31(37)33-27-15-9-4-10-16-27/h2-3,5-8,11-14,17-20,27,29H,4,9-10,15-16,21-23H2,1H3,(H,33,37). The molecule has 1 unspecified atom stereocenters. The van der Waals surface area contributed by atoms with Crippen molar-refractivity contribution in [2.45, 2.75) is 57.2 Å². The molecule has 4 rings (SSSR count). The Balaban J connectivity index is 1.69. The molecule has 1 atom stereocenters. The summed E-state index contributed by atoms with van der Waals surface area (Å²) in [5, 5.41) is 3.21. The Labute approximate surface area is 245 Å². The largest absolute Gasteiger partial charge is 0.352 e. The van der Waals surface area contributed by atoms with E-state index in [1.54, 1.807) is 24.3 Å². The van der Waals surface area contributed by atoms with Crippen LogP contribution in [-0.4, -0.2) is 50.0 Å². The molecule has 3 aromatic rings. The number of hydrogen-bond acceptors (Lipinski definition) is 4. The summed E-state index contributed by atoms with van der Waals surface area (Å²) >= 11 is 3.38. The molecule has 0 radical (unpaired) electrons. The molecule has 9 heteroatoms. The summed E-state index contributed by atoms with van der Waals surface area (Å²) in [7, 11) is -3.79. The number of rotatable bonds is 11. The van der Waals surface area contributed by atoms with E-state index >= 15 is 0 Å². The smallest absolute Gasteiger partial charge is 0.244 e. The second kappa shape index (κ2) is 13.9. The van der Waals surface area contributed by atoms with Gasteiger partial charge in [0, 0.05) is 23.5 Å². The Hall–Kier alpha value is -3.17.